The molecule has 2 unspecified atom stereocenters. The Bertz CT molecular complexity index is 112. The molecule has 11 heavy (non-hydrogen) atoms. The van der Waals surface area contributed by atoms with E-state index in [4.69, 9.17) is 4.74 Å². The minimum atomic E-state index is 0.376. The fraction of sp³-hybridized carbons (Fsp3) is 1.00. The van der Waals surface area contributed by atoms with Crippen LogP contribution < -0.4 is 5.32 Å². The Morgan fingerprint density at radius 1 is 1.45 bits per heavy atom. The molecule has 2 nitrogen and oxygen atoms in total. The van der Waals surface area contributed by atoms with Gasteiger partial charge in [0.1, 0.15) is 0 Å². The molecule has 1 saturated carbocycles. The van der Waals surface area contributed by atoms with E-state index in [1.54, 1.807) is 7.11 Å². The third-order valence-corrected chi connectivity index (χ3v) is 2.48. The van der Waals surface area contributed by atoms with Crippen LogP contribution in [0.15, 0.2) is 0 Å². The van der Waals surface area contributed by atoms with Crippen molar-refractivity contribution in [1.82, 2.24) is 5.32 Å². The Balaban J connectivity index is 2.03. The van der Waals surface area contributed by atoms with E-state index < -0.39 is 0 Å². The van der Waals surface area contributed by atoms with Crippen LogP contribution in [0.25, 0.3) is 0 Å². The summed E-state index contributed by atoms with van der Waals surface area (Å²) in [6.45, 7) is 5.45. The third-order valence-electron chi connectivity index (χ3n) is 2.48. The van der Waals surface area contributed by atoms with E-state index in [9.17, 15) is 0 Å². The van der Waals surface area contributed by atoms with Crippen LogP contribution in [0.5, 0.6) is 0 Å². The van der Waals surface area contributed by atoms with E-state index in [0.29, 0.717) is 12.0 Å². The molecule has 66 valence electrons. The van der Waals surface area contributed by atoms with Crippen molar-refractivity contribution in [3.8, 4) is 0 Å². The molecular formula is C9H19NO. The van der Waals surface area contributed by atoms with E-state index in [2.05, 4.69) is 19.2 Å². The van der Waals surface area contributed by atoms with Gasteiger partial charge in [-0.1, -0.05) is 6.92 Å². The van der Waals surface area contributed by atoms with Gasteiger partial charge in [0.15, 0.2) is 0 Å². The van der Waals surface area contributed by atoms with Crippen LogP contribution in [0.3, 0.4) is 0 Å². The number of hydrogen-bond donors (Lipinski definition) is 1. The standard InChI is InChI=1S/C9H19NO/c1-7(8(2)11-3)6-10-9-4-5-9/h7-10H,4-6H2,1-3H3. The summed E-state index contributed by atoms with van der Waals surface area (Å²) in [6, 6.07) is 0.821. The van der Waals surface area contributed by atoms with Crippen LogP contribution in [-0.2, 0) is 4.74 Å². The first-order valence-electron chi connectivity index (χ1n) is 4.50. The molecule has 0 aromatic carbocycles. The van der Waals surface area contributed by atoms with Crippen LogP contribution >= 0.6 is 0 Å². The zero-order valence-electron chi connectivity index (χ0n) is 7.76. The molecule has 2 atom stereocenters. The monoisotopic (exact) mass is 157 g/mol. The zero-order valence-corrected chi connectivity index (χ0v) is 7.76. The van der Waals surface area contributed by atoms with Gasteiger partial charge >= 0.3 is 0 Å². The summed E-state index contributed by atoms with van der Waals surface area (Å²) in [5.74, 6) is 0.626. The van der Waals surface area contributed by atoms with Gasteiger partial charge in [0, 0.05) is 19.7 Å². The largest absolute Gasteiger partial charge is 0.381 e. The van der Waals surface area contributed by atoms with Gasteiger partial charge in [-0.15, -0.1) is 0 Å². The van der Waals surface area contributed by atoms with E-state index in [0.717, 1.165) is 12.6 Å². The van der Waals surface area contributed by atoms with Crippen LogP contribution in [0, 0.1) is 5.92 Å². The first-order chi connectivity index (χ1) is 5.24. The fourth-order valence-electron chi connectivity index (χ4n) is 1.04. The van der Waals surface area contributed by atoms with E-state index in [1.807, 2.05) is 0 Å². The van der Waals surface area contributed by atoms with Gasteiger partial charge in [-0.3, -0.25) is 0 Å². The molecule has 1 rings (SSSR count). The van der Waals surface area contributed by atoms with Crippen molar-refractivity contribution >= 4 is 0 Å². The molecule has 0 saturated heterocycles. The van der Waals surface area contributed by atoms with Gasteiger partial charge in [-0.2, -0.15) is 0 Å². The Hall–Kier alpha value is -0.0800. The molecule has 1 fully saturated rings. The van der Waals surface area contributed by atoms with Crippen LogP contribution in [-0.4, -0.2) is 25.8 Å². The Morgan fingerprint density at radius 2 is 2.09 bits per heavy atom. The molecule has 0 spiro atoms. The molecule has 0 amide bonds. The molecule has 1 N–H and O–H groups in total. The first-order valence-corrected chi connectivity index (χ1v) is 4.50. The van der Waals surface area contributed by atoms with Crippen LogP contribution in [0.1, 0.15) is 26.7 Å². The summed E-state index contributed by atoms with van der Waals surface area (Å²) in [5, 5.41) is 3.49. The summed E-state index contributed by atoms with van der Waals surface area (Å²) < 4.78 is 5.22. The highest BCUT2D eigenvalue weighted by molar-refractivity contribution is 4.81. The average Bonchev–Trinajstić information content (AvgIpc) is 2.81. The molecule has 0 radical (unpaired) electrons. The lowest BCUT2D eigenvalue weighted by Crippen LogP contribution is -2.30. The number of methoxy groups -OCH3 is 1. The van der Waals surface area contributed by atoms with E-state index in [-0.39, 0.29) is 0 Å². The van der Waals surface area contributed by atoms with Gasteiger partial charge in [0.25, 0.3) is 0 Å². The Morgan fingerprint density at radius 3 is 2.55 bits per heavy atom. The third kappa shape index (κ3) is 3.21. The molecule has 2 heteroatoms. The predicted octanol–water partition coefficient (Wildman–Crippen LogP) is 1.41. The zero-order chi connectivity index (χ0) is 8.27. The molecule has 0 aromatic rings. The molecule has 0 heterocycles. The maximum Gasteiger partial charge on any atom is 0.0580 e. The lowest BCUT2D eigenvalue weighted by atomic mass is 10.1. The number of hydrogen-bond acceptors (Lipinski definition) is 2. The Labute approximate surface area is 69.3 Å². The lowest BCUT2D eigenvalue weighted by Gasteiger charge is -2.18. The molecule has 0 bridgehead atoms. The molecule has 1 aliphatic carbocycles. The van der Waals surface area contributed by atoms with Gasteiger partial charge in [0.05, 0.1) is 6.10 Å². The second-order valence-electron chi connectivity index (χ2n) is 3.60. The summed E-state index contributed by atoms with van der Waals surface area (Å²) >= 11 is 0. The van der Waals surface area contributed by atoms with Crippen molar-refractivity contribution in [3.63, 3.8) is 0 Å². The topological polar surface area (TPSA) is 21.3 Å². The predicted molar refractivity (Wildman–Crippen MR) is 46.7 cm³/mol. The maximum atomic E-state index is 5.22. The van der Waals surface area contributed by atoms with Gasteiger partial charge in [-0.25, -0.2) is 0 Å². The SMILES string of the molecule is COC(C)C(C)CNC1CC1. The van der Waals surface area contributed by atoms with Crippen LogP contribution in [0.2, 0.25) is 0 Å². The normalized spacial score (nSPS) is 23.2. The van der Waals surface area contributed by atoms with E-state index >= 15 is 0 Å². The highest BCUT2D eigenvalue weighted by Gasteiger charge is 2.21. The van der Waals surface area contributed by atoms with Crippen molar-refractivity contribution < 1.29 is 4.74 Å². The summed E-state index contributed by atoms with van der Waals surface area (Å²) in [5.41, 5.74) is 0. The minimum Gasteiger partial charge on any atom is -0.381 e. The highest BCUT2D eigenvalue weighted by atomic mass is 16.5. The fourth-order valence-corrected chi connectivity index (χ4v) is 1.04. The van der Waals surface area contributed by atoms with Crippen molar-refractivity contribution in [2.75, 3.05) is 13.7 Å². The number of nitrogens with one attached hydrogen (secondary N) is 1. The molecular weight excluding hydrogens is 138 g/mol. The number of ether oxygens (including phenoxy) is 1. The van der Waals surface area contributed by atoms with Crippen LogP contribution in [0.4, 0.5) is 0 Å². The molecule has 0 aromatic heterocycles. The minimum absolute atomic E-state index is 0.376. The average molecular weight is 157 g/mol. The van der Waals surface area contributed by atoms with Crippen molar-refractivity contribution in [3.05, 3.63) is 0 Å². The second kappa shape index (κ2) is 4.07. The van der Waals surface area contributed by atoms with Crippen molar-refractivity contribution in [1.29, 1.82) is 0 Å². The smallest absolute Gasteiger partial charge is 0.0580 e. The maximum absolute atomic E-state index is 5.22. The quantitative estimate of drug-likeness (QED) is 0.651. The lowest BCUT2D eigenvalue weighted by molar-refractivity contribution is 0.0734. The van der Waals surface area contributed by atoms with Crippen molar-refractivity contribution in [2.24, 2.45) is 5.92 Å². The summed E-state index contributed by atoms with van der Waals surface area (Å²) in [6.07, 6.45) is 3.11. The number of rotatable bonds is 5. The second-order valence-corrected chi connectivity index (χ2v) is 3.60. The summed E-state index contributed by atoms with van der Waals surface area (Å²) in [7, 11) is 1.78. The van der Waals surface area contributed by atoms with Gasteiger partial charge < -0.3 is 10.1 Å². The van der Waals surface area contributed by atoms with Gasteiger partial charge in [-0.05, 0) is 25.7 Å². The summed E-state index contributed by atoms with van der Waals surface area (Å²) in [4.78, 5) is 0. The van der Waals surface area contributed by atoms with Crippen molar-refractivity contribution in [2.45, 2.75) is 38.8 Å². The first kappa shape index (κ1) is 9.01. The Kier molecular flexibility index (Phi) is 3.34. The van der Waals surface area contributed by atoms with Gasteiger partial charge in [0.2, 0.25) is 0 Å². The van der Waals surface area contributed by atoms with E-state index in [1.165, 1.54) is 12.8 Å². The molecule has 0 aliphatic heterocycles. The highest BCUT2D eigenvalue weighted by Crippen LogP contribution is 2.19. The molecule has 1 aliphatic rings.